The molecule has 10 nitrogen and oxygen atoms in total. The van der Waals surface area contributed by atoms with E-state index >= 15 is 0 Å². The number of amides is 1. The van der Waals surface area contributed by atoms with E-state index in [1.807, 2.05) is 0 Å². The Bertz CT molecular complexity index is 1380. The van der Waals surface area contributed by atoms with Crippen molar-refractivity contribution in [1.29, 1.82) is 0 Å². The lowest BCUT2D eigenvalue weighted by molar-refractivity contribution is -0.194. The van der Waals surface area contributed by atoms with Crippen molar-refractivity contribution in [1.82, 2.24) is 9.55 Å². The maximum atomic E-state index is 14.9. The van der Waals surface area contributed by atoms with E-state index in [-0.39, 0.29) is 54.6 Å². The first-order valence-electron chi connectivity index (χ1n) is 11.4. The SMILES string of the molecule is COc1cc(Cn2c(C(N)=O)nc3ccc(F)c(OCC4COC(C(C)(C)O)CO4)c3c2=O)ccc1F. The number of benzene rings is 2. The topological polar surface area (TPSA) is 135 Å². The van der Waals surface area contributed by atoms with Crippen molar-refractivity contribution >= 4 is 16.8 Å². The summed E-state index contributed by atoms with van der Waals surface area (Å²) in [5.41, 5.74) is 4.02. The van der Waals surface area contributed by atoms with E-state index in [1.165, 1.54) is 25.3 Å². The highest BCUT2D eigenvalue weighted by atomic mass is 19.1. The van der Waals surface area contributed by atoms with Gasteiger partial charge in [-0.25, -0.2) is 13.8 Å². The highest BCUT2D eigenvalue weighted by molar-refractivity contribution is 5.93. The van der Waals surface area contributed by atoms with Crippen molar-refractivity contribution < 1.29 is 37.6 Å². The number of carbonyl (C=O) groups is 1. The summed E-state index contributed by atoms with van der Waals surface area (Å²) in [7, 11) is 1.29. The molecular weight excluding hydrogens is 492 g/mol. The molecule has 0 saturated carbocycles. The summed E-state index contributed by atoms with van der Waals surface area (Å²) in [6, 6.07) is 6.22. The number of aliphatic hydroxyl groups is 1. The summed E-state index contributed by atoms with van der Waals surface area (Å²) in [5.74, 6) is -3.19. The Hall–Kier alpha value is -3.61. The molecule has 3 aromatic rings. The number of carbonyl (C=O) groups excluding carboxylic acids is 1. The third kappa shape index (κ3) is 5.55. The van der Waals surface area contributed by atoms with Gasteiger partial charge in [0.25, 0.3) is 11.5 Å². The summed E-state index contributed by atoms with van der Waals surface area (Å²) in [6.07, 6.45) is -1.12. The highest BCUT2D eigenvalue weighted by Gasteiger charge is 2.33. The van der Waals surface area contributed by atoms with Crippen LogP contribution in [-0.2, 0) is 16.0 Å². The van der Waals surface area contributed by atoms with Crippen molar-refractivity contribution in [2.45, 2.75) is 38.2 Å². The number of primary amides is 1. The number of hydrogen-bond acceptors (Lipinski definition) is 8. The van der Waals surface area contributed by atoms with Crippen LogP contribution < -0.4 is 20.8 Å². The summed E-state index contributed by atoms with van der Waals surface area (Å²) in [4.78, 5) is 29.8. The monoisotopic (exact) mass is 519 g/mol. The van der Waals surface area contributed by atoms with E-state index in [0.717, 1.165) is 16.7 Å². The minimum absolute atomic E-state index is 0.00560. The van der Waals surface area contributed by atoms with Crippen LogP contribution in [0.3, 0.4) is 0 Å². The molecule has 2 heterocycles. The van der Waals surface area contributed by atoms with Crippen LogP contribution in [0.2, 0.25) is 0 Å². The summed E-state index contributed by atoms with van der Waals surface area (Å²) < 4.78 is 51.6. The molecule has 1 fully saturated rings. The molecule has 1 saturated heterocycles. The lowest BCUT2D eigenvalue weighted by Crippen LogP contribution is -2.49. The Labute approximate surface area is 210 Å². The zero-order valence-electron chi connectivity index (χ0n) is 20.5. The van der Waals surface area contributed by atoms with Gasteiger partial charge in [-0.15, -0.1) is 0 Å². The molecule has 2 atom stereocenters. The zero-order chi connectivity index (χ0) is 26.9. The van der Waals surface area contributed by atoms with Crippen LogP contribution in [0, 0.1) is 11.6 Å². The predicted octanol–water partition coefficient (Wildman–Crippen LogP) is 1.76. The molecule has 0 bridgehead atoms. The molecule has 3 N–H and O–H groups in total. The van der Waals surface area contributed by atoms with Gasteiger partial charge in [-0.2, -0.15) is 0 Å². The maximum Gasteiger partial charge on any atom is 0.284 e. The fraction of sp³-hybridized carbons (Fsp3) is 0.400. The minimum atomic E-state index is -1.10. The highest BCUT2D eigenvalue weighted by Crippen LogP contribution is 2.27. The van der Waals surface area contributed by atoms with Gasteiger partial charge in [0.2, 0.25) is 5.82 Å². The average Bonchev–Trinajstić information content (AvgIpc) is 2.85. The van der Waals surface area contributed by atoms with Crippen LogP contribution in [0.1, 0.15) is 30.0 Å². The molecule has 0 aliphatic carbocycles. The van der Waals surface area contributed by atoms with Crippen LogP contribution in [0.15, 0.2) is 35.1 Å². The molecule has 12 heteroatoms. The van der Waals surface area contributed by atoms with Gasteiger partial charge in [-0.3, -0.25) is 14.2 Å². The quantitative estimate of drug-likeness (QED) is 0.460. The van der Waals surface area contributed by atoms with Crippen molar-refractivity contribution in [3.63, 3.8) is 0 Å². The number of methoxy groups -OCH3 is 1. The van der Waals surface area contributed by atoms with Gasteiger partial charge in [0.05, 0.1) is 38.0 Å². The van der Waals surface area contributed by atoms with Crippen molar-refractivity contribution in [2.24, 2.45) is 5.73 Å². The molecule has 0 radical (unpaired) electrons. The number of ether oxygens (including phenoxy) is 4. The molecule has 4 rings (SSSR count). The molecule has 2 aromatic carbocycles. The summed E-state index contributed by atoms with van der Waals surface area (Å²) in [5, 5.41) is 9.87. The standard InChI is InChI=1S/C25H27F2N3O7/c1-25(2,33)19-12-35-14(10-36-19)11-37-21-16(27)6-7-17-20(21)24(32)30(23(29-17)22(28)31)9-13-4-5-15(26)18(8-13)34-3/h4-8,14,19,33H,9-12H2,1-3H3,(H2,28,31). The number of aromatic nitrogens is 2. The molecular formula is C25H27F2N3O7. The van der Waals surface area contributed by atoms with Gasteiger partial charge in [0.15, 0.2) is 23.1 Å². The van der Waals surface area contributed by atoms with Crippen LogP contribution in [0.5, 0.6) is 11.5 Å². The predicted molar refractivity (Wildman–Crippen MR) is 128 cm³/mol. The third-order valence-electron chi connectivity index (χ3n) is 5.97. The number of nitrogens with two attached hydrogens (primary N) is 1. The first kappa shape index (κ1) is 26.5. The fourth-order valence-corrected chi connectivity index (χ4v) is 3.94. The van der Waals surface area contributed by atoms with Crippen molar-refractivity contribution in [3.05, 3.63) is 63.7 Å². The third-order valence-corrected chi connectivity index (χ3v) is 5.97. The van der Waals surface area contributed by atoms with Crippen LogP contribution >= 0.6 is 0 Å². The van der Waals surface area contributed by atoms with Gasteiger partial charge in [-0.05, 0) is 43.7 Å². The van der Waals surface area contributed by atoms with E-state index in [4.69, 9.17) is 24.7 Å². The molecule has 1 aliphatic heterocycles. The van der Waals surface area contributed by atoms with E-state index in [0.29, 0.717) is 5.56 Å². The number of halogens is 2. The molecule has 37 heavy (non-hydrogen) atoms. The second-order valence-electron chi connectivity index (χ2n) is 9.17. The van der Waals surface area contributed by atoms with Gasteiger partial charge in [0.1, 0.15) is 24.2 Å². The summed E-state index contributed by atoms with van der Waals surface area (Å²) >= 11 is 0. The van der Waals surface area contributed by atoms with Crippen LogP contribution in [0.4, 0.5) is 8.78 Å². The van der Waals surface area contributed by atoms with E-state index in [9.17, 15) is 23.5 Å². The molecule has 1 amide bonds. The zero-order valence-corrected chi connectivity index (χ0v) is 20.5. The lowest BCUT2D eigenvalue weighted by atomic mass is 10.0. The molecule has 0 spiro atoms. The first-order chi connectivity index (χ1) is 17.5. The number of nitrogens with zero attached hydrogens (tertiary/aromatic N) is 2. The van der Waals surface area contributed by atoms with E-state index in [2.05, 4.69) is 4.98 Å². The second-order valence-corrected chi connectivity index (χ2v) is 9.17. The molecule has 198 valence electrons. The number of rotatable bonds is 8. The first-order valence-corrected chi connectivity index (χ1v) is 11.4. The van der Waals surface area contributed by atoms with Gasteiger partial charge >= 0.3 is 0 Å². The smallest absolute Gasteiger partial charge is 0.284 e. The van der Waals surface area contributed by atoms with Gasteiger partial charge < -0.3 is 29.8 Å². The Morgan fingerprint density at radius 3 is 2.57 bits per heavy atom. The van der Waals surface area contributed by atoms with Crippen molar-refractivity contribution in [2.75, 3.05) is 26.9 Å². The number of hydrogen-bond donors (Lipinski definition) is 2. The normalized spacial score (nSPS) is 18.1. The van der Waals surface area contributed by atoms with Gasteiger partial charge in [-0.1, -0.05) is 6.07 Å². The second kappa shape index (κ2) is 10.4. The fourth-order valence-electron chi connectivity index (χ4n) is 3.94. The summed E-state index contributed by atoms with van der Waals surface area (Å²) in [6.45, 7) is 3.02. The number of fused-ring (bicyclic) bond motifs is 1. The Morgan fingerprint density at radius 2 is 1.95 bits per heavy atom. The van der Waals surface area contributed by atoms with E-state index in [1.54, 1.807) is 13.8 Å². The molecule has 1 aromatic heterocycles. The lowest BCUT2D eigenvalue weighted by Gasteiger charge is -2.35. The molecule has 1 aliphatic rings. The average molecular weight is 520 g/mol. The largest absolute Gasteiger partial charge is 0.494 e. The minimum Gasteiger partial charge on any atom is -0.494 e. The van der Waals surface area contributed by atoms with E-state index < -0.39 is 40.9 Å². The van der Waals surface area contributed by atoms with Gasteiger partial charge in [0, 0.05) is 0 Å². The maximum absolute atomic E-state index is 14.9. The van der Waals surface area contributed by atoms with Crippen LogP contribution in [0.25, 0.3) is 10.9 Å². The Kier molecular flexibility index (Phi) is 7.44. The Balaban J connectivity index is 1.68. The van der Waals surface area contributed by atoms with Crippen molar-refractivity contribution in [3.8, 4) is 11.5 Å². The Morgan fingerprint density at radius 1 is 1.22 bits per heavy atom. The van der Waals surface area contributed by atoms with Crippen LogP contribution in [-0.4, -0.2) is 65.3 Å². The molecule has 2 unspecified atom stereocenters.